The third-order valence-electron chi connectivity index (χ3n) is 2.11. The van der Waals surface area contributed by atoms with Gasteiger partial charge >= 0.3 is 5.97 Å². The van der Waals surface area contributed by atoms with Gasteiger partial charge in [0.25, 0.3) is 5.69 Å². The Bertz CT molecular complexity index is 451. The van der Waals surface area contributed by atoms with E-state index in [4.69, 9.17) is 16.3 Å². The molecule has 0 aliphatic heterocycles. The Morgan fingerprint density at radius 2 is 2.28 bits per heavy atom. The smallest absolute Gasteiger partial charge is 0.307 e. The fraction of sp³-hybridized carbons (Fsp3) is 0.364. The molecule has 0 aromatic heterocycles. The molecule has 1 rings (SSSR count). The summed E-state index contributed by atoms with van der Waals surface area (Å²) in [4.78, 5) is 21.2. The number of hydrogen-bond donors (Lipinski definition) is 1. The Morgan fingerprint density at radius 3 is 2.89 bits per heavy atom. The molecule has 0 spiro atoms. The molecule has 0 bridgehead atoms. The molecule has 1 aromatic carbocycles. The molecule has 0 radical (unpaired) electrons. The lowest BCUT2D eigenvalue weighted by atomic mass is 10.2. The summed E-state index contributed by atoms with van der Waals surface area (Å²) in [6.07, 6.45) is 0.199. The predicted octanol–water partition coefficient (Wildman–Crippen LogP) is 2.61. The Balaban J connectivity index is 2.55. The summed E-state index contributed by atoms with van der Waals surface area (Å²) >= 11 is 5.67. The van der Waals surface area contributed by atoms with Gasteiger partial charge in [-0.05, 0) is 19.1 Å². The van der Waals surface area contributed by atoms with Gasteiger partial charge in [0, 0.05) is 18.3 Å². The van der Waals surface area contributed by atoms with Crippen LogP contribution in [0.4, 0.5) is 11.4 Å². The van der Waals surface area contributed by atoms with Crippen LogP contribution in [0.25, 0.3) is 0 Å². The van der Waals surface area contributed by atoms with Crippen molar-refractivity contribution in [3.8, 4) is 0 Å². The molecular weight excluding hydrogens is 260 g/mol. The second-order valence-electron chi connectivity index (χ2n) is 3.41. The van der Waals surface area contributed by atoms with Crippen molar-refractivity contribution >= 4 is 28.9 Å². The van der Waals surface area contributed by atoms with Crippen LogP contribution in [-0.2, 0) is 9.53 Å². The number of nitro benzene ring substituents is 1. The van der Waals surface area contributed by atoms with Crippen LogP contribution in [0, 0.1) is 10.1 Å². The number of carbonyl (C=O) groups is 1. The van der Waals surface area contributed by atoms with Gasteiger partial charge in [-0.25, -0.2) is 0 Å². The first kappa shape index (κ1) is 14.2. The minimum Gasteiger partial charge on any atom is -0.466 e. The van der Waals surface area contributed by atoms with Crippen LogP contribution in [0.2, 0.25) is 5.02 Å². The van der Waals surface area contributed by atoms with Crippen LogP contribution in [0.15, 0.2) is 18.2 Å². The van der Waals surface area contributed by atoms with Crippen molar-refractivity contribution in [2.45, 2.75) is 13.3 Å². The number of nitrogens with zero attached hydrogens (tertiary/aromatic N) is 1. The summed E-state index contributed by atoms with van der Waals surface area (Å²) < 4.78 is 4.75. The van der Waals surface area contributed by atoms with Crippen molar-refractivity contribution in [2.24, 2.45) is 0 Å². The number of ether oxygens (including phenoxy) is 1. The van der Waals surface area contributed by atoms with E-state index >= 15 is 0 Å². The first-order chi connectivity index (χ1) is 8.54. The molecule has 0 amide bonds. The van der Waals surface area contributed by atoms with Crippen LogP contribution in [-0.4, -0.2) is 24.0 Å². The summed E-state index contributed by atoms with van der Waals surface area (Å²) in [6.45, 7) is 2.41. The van der Waals surface area contributed by atoms with Gasteiger partial charge in [0.15, 0.2) is 0 Å². The molecule has 7 heteroatoms. The molecule has 0 aliphatic carbocycles. The van der Waals surface area contributed by atoms with Crippen LogP contribution >= 0.6 is 11.6 Å². The zero-order valence-electron chi connectivity index (χ0n) is 9.81. The van der Waals surface area contributed by atoms with E-state index in [0.29, 0.717) is 18.8 Å². The van der Waals surface area contributed by atoms with Crippen molar-refractivity contribution in [1.82, 2.24) is 0 Å². The minimum atomic E-state index is -0.557. The van der Waals surface area contributed by atoms with Crippen molar-refractivity contribution in [3.63, 3.8) is 0 Å². The number of benzene rings is 1. The third-order valence-corrected chi connectivity index (χ3v) is 2.43. The quantitative estimate of drug-likeness (QED) is 0.489. The van der Waals surface area contributed by atoms with Crippen LogP contribution < -0.4 is 5.32 Å². The van der Waals surface area contributed by atoms with Gasteiger partial charge in [-0.3, -0.25) is 14.9 Å². The molecule has 0 atom stereocenters. The summed E-state index contributed by atoms with van der Waals surface area (Å²) in [6, 6.07) is 4.38. The van der Waals surface area contributed by atoms with Gasteiger partial charge in [-0.1, -0.05) is 11.6 Å². The van der Waals surface area contributed by atoms with Crippen molar-refractivity contribution < 1.29 is 14.5 Å². The average molecular weight is 273 g/mol. The Labute approximate surface area is 109 Å². The fourth-order valence-electron chi connectivity index (χ4n) is 1.30. The van der Waals surface area contributed by atoms with E-state index in [1.807, 2.05) is 0 Å². The van der Waals surface area contributed by atoms with Gasteiger partial charge in [-0.15, -0.1) is 0 Å². The van der Waals surface area contributed by atoms with E-state index < -0.39 is 4.92 Å². The van der Waals surface area contributed by atoms with Crippen LogP contribution in [0.3, 0.4) is 0 Å². The SMILES string of the molecule is CCOC(=O)CCNc1ccc(Cl)c([N+](=O)[O-])c1. The number of carbonyl (C=O) groups excluding carboxylic acids is 1. The number of nitro groups is 1. The molecule has 0 saturated heterocycles. The van der Waals surface area contributed by atoms with Crippen molar-refractivity contribution in [2.75, 3.05) is 18.5 Å². The lowest BCUT2D eigenvalue weighted by Gasteiger charge is -2.06. The Kier molecular flexibility index (Phi) is 5.38. The number of esters is 1. The minimum absolute atomic E-state index is 0.0796. The summed E-state index contributed by atoms with van der Waals surface area (Å²) in [5.74, 6) is -0.312. The maximum Gasteiger partial charge on any atom is 0.307 e. The second-order valence-corrected chi connectivity index (χ2v) is 3.81. The van der Waals surface area contributed by atoms with Gasteiger partial charge in [0.05, 0.1) is 18.0 Å². The van der Waals surface area contributed by atoms with E-state index in [0.717, 1.165) is 0 Å². The molecule has 6 nitrogen and oxygen atoms in total. The van der Waals surface area contributed by atoms with Crippen LogP contribution in [0.1, 0.15) is 13.3 Å². The summed E-state index contributed by atoms with van der Waals surface area (Å²) in [7, 11) is 0. The van der Waals surface area contributed by atoms with E-state index in [2.05, 4.69) is 5.32 Å². The zero-order chi connectivity index (χ0) is 13.5. The number of hydrogen-bond acceptors (Lipinski definition) is 5. The molecule has 1 N–H and O–H groups in total. The highest BCUT2D eigenvalue weighted by Gasteiger charge is 2.12. The van der Waals surface area contributed by atoms with Gasteiger partial charge in [0.1, 0.15) is 5.02 Å². The largest absolute Gasteiger partial charge is 0.466 e. The number of nitrogens with one attached hydrogen (secondary N) is 1. The highest BCUT2D eigenvalue weighted by atomic mass is 35.5. The van der Waals surface area contributed by atoms with E-state index in [1.54, 1.807) is 13.0 Å². The molecule has 0 aliphatic rings. The van der Waals surface area contributed by atoms with E-state index in [-0.39, 0.29) is 23.1 Å². The lowest BCUT2D eigenvalue weighted by Crippen LogP contribution is -2.11. The second kappa shape index (κ2) is 6.80. The molecule has 0 fully saturated rings. The van der Waals surface area contributed by atoms with E-state index in [9.17, 15) is 14.9 Å². The topological polar surface area (TPSA) is 81.5 Å². The molecule has 0 unspecified atom stereocenters. The molecule has 1 aromatic rings. The highest BCUT2D eigenvalue weighted by Crippen LogP contribution is 2.27. The monoisotopic (exact) mass is 272 g/mol. The van der Waals surface area contributed by atoms with Crippen molar-refractivity contribution in [1.29, 1.82) is 0 Å². The number of anilines is 1. The first-order valence-electron chi connectivity index (χ1n) is 5.38. The predicted molar refractivity (Wildman–Crippen MR) is 67.8 cm³/mol. The average Bonchev–Trinajstić information content (AvgIpc) is 2.31. The highest BCUT2D eigenvalue weighted by molar-refractivity contribution is 6.32. The maximum absolute atomic E-state index is 11.1. The Hall–Kier alpha value is -1.82. The van der Waals surface area contributed by atoms with Gasteiger partial charge in [-0.2, -0.15) is 0 Å². The molecule has 0 heterocycles. The van der Waals surface area contributed by atoms with Gasteiger partial charge in [0.2, 0.25) is 0 Å². The zero-order valence-corrected chi connectivity index (χ0v) is 10.6. The maximum atomic E-state index is 11.1. The number of rotatable bonds is 6. The molecule has 98 valence electrons. The third kappa shape index (κ3) is 4.21. The molecule has 0 saturated carbocycles. The number of halogens is 1. The Morgan fingerprint density at radius 1 is 1.56 bits per heavy atom. The van der Waals surface area contributed by atoms with Gasteiger partial charge < -0.3 is 10.1 Å². The normalized spacial score (nSPS) is 9.89. The summed E-state index contributed by atoms with van der Waals surface area (Å²) in [5, 5.41) is 13.6. The standard InChI is InChI=1S/C11H13ClN2O4/c1-2-18-11(15)5-6-13-8-3-4-9(12)10(7-8)14(16)17/h3-4,7,13H,2,5-6H2,1H3. The molecule has 18 heavy (non-hydrogen) atoms. The first-order valence-corrected chi connectivity index (χ1v) is 5.75. The summed E-state index contributed by atoms with van der Waals surface area (Å²) in [5.41, 5.74) is 0.369. The fourth-order valence-corrected chi connectivity index (χ4v) is 1.49. The van der Waals surface area contributed by atoms with E-state index in [1.165, 1.54) is 12.1 Å². The van der Waals surface area contributed by atoms with Crippen molar-refractivity contribution in [3.05, 3.63) is 33.3 Å². The lowest BCUT2D eigenvalue weighted by molar-refractivity contribution is -0.384. The van der Waals surface area contributed by atoms with Crippen LogP contribution in [0.5, 0.6) is 0 Å². The molecular formula is C11H13ClN2O4.